The van der Waals surface area contributed by atoms with E-state index in [2.05, 4.69) is 20.5 Å². The number of fused-ring (bicyclic) bond motifs is 2. The molecule has 98 valence electrons. The van der Waals surface area contributed by atoms with Crippen molar-refractivity contribution in [2.75, 3.05) is 5.43 Å². The summed E-state index contributed by atoms with van der Waals surface area (Å²) in [6.45, 7) is 0. The second kappa shape index (κ2) is 4.26. The van der Waals surface area contributed by atoms with E-state index in [-0.39, 0.29) is 0 Å². The average Bonchev–Trinajstić information content (AvgIpc) is 3.12. The molecule has 3 heterocycles. The fourth-order valence-electron chi connectivity index (χ4n) is 2.21. The molecule has 0 aliphatic heterocycles. The van der Waals surface area contributed by atoms with E-state index in [1.807, 2.05) is 46.6 Å². The molecular weight excluding hydrogens is 272 g/mol. The van der Waals surface area contributed by atoms with Crippen molar-refractivity contribution in [1.29, 1.82) is 0 Å². The zero-order valence-electron chi connectivity index (χ0n) is 10.3. The summed E-state index contributed by atoms with van der Waals surface area (Å²) in [5, 5.41) is 8.44. The highest BCUT2D eigenvalue weighted by molar-refractivity contribution is 7.16. The third-order valence-corrected chi connectivity index (χ3v) is 3.92. The quantitative estimate of drug-likeness (QED) is 0.435. The number of hydrogen-bond donors (Lipinski definition) is 2. The molecule has 0 aliphatic rings. The SMILES string of the molecule is NNc1nc(-n2ncc3ccccc32)c2ccsc2n1. The number of nitrogens with one attached hydrogen (secondary N) is 1. The number of para-hydroxylation sites is 1. The lowest BCUT2D eigenvalue weighted by atomic mass is 10.2. The summed E-state index contributed by atoms with van der Waals surface area (Å²) < 4.78 is 1.81. The number of rotatable bonds is 2. The van der Waals surface area contributed by atoms with E-state index in [0.29, 0.717) is 5.95 Å². The van der Waals surface area contributed by atoms with Crippen LogP contribution in [-0.4, -0.2) is 19.7 Å². The molecular formula is C13H10N6S. The van der Waals surface area contributed by atoms with E-state index in [4.69, 9.17) is 5.84 Å². The smallest absolute Gasteiger partial charge is 0.240 e. The molecule has 0 bridgehead atoms. The molecule has 6 nitrogen and oxygen atoms in total. The van der Waals surface area contributed by atoms with E-state index in [9.17, 15) is 0 Å². The number of hydrogen-bond acceptors (Lipinski definition) is 6. The van der Waals surface area contributed by atoms with Gasteiger partial charge in [0.05, 0.1) is 17.1 Å². The Morgan fingerprint density at radius 1 is 1.15 bits per heavy atom. The van der Waals surface area contributed by atoms with Crippen LogP contribution in [0.1, 0.15) is 0 Å². The van der Waals surface area contributed by atoms with Crippen molar-refractivity contribution in [1.82, 2.24) is 19.7 Å². The Hall–Kier alpha value is -2.51. The molecule has 0 aliphatic carbocycles. The van der Waals surface area contributed by atoms with E-state index >= 15 is 0 Å². The first kappa shape index (κ1) is 11.3. The minimum Gasteiger partial charge on any atom is -0.292 e. The first-order valence-corrected chi connectivity index (χ1v) is 6.90. The van der Waals surface area contributed by atoms with Gasteiger partial charge in [0, 0.05) is 5.39 Å². The Morgan fingerprint density at radius 3 is 2.95 bits per heavy atom. The Kier molecular flexibility index (Phi) is 2.41. The maximum Gasteiger partial charge on any atom is 0.240 e. The van der Waals surface area contributed by atoms with Gasteiger partial charge < -0.3 is 0 Å². The Morgan fingerprint density at radius 2 is 2.05 bits per heavy atom. The van der Waals surface area contributed by atoms with Crippen LogP contribution in [0, 0.1) is 0 Å². The number of benzene rings is 1. The van der Waals surface area contributed by atoms with Gasteiger partial charge in [0.15, 0.2) is 5.82 Å². The summed E-state index contributed by atoms with van der Waals surface area (Å²) in [7, 11) is 0. The number of thiophene rings is 1. The van der Waals surface area contributed by atoms with Crippen LogP contribution in [0.4, 0.5) is 5.95 Å². The van der Waals surface area contributed by atoms with Crippen LogP contribution in [0.3, 0.4) is 0 Å². The molecule has 0 atom stereocenters. The summed E-state index contributed by atoms with van der Waals surface area (Å²) in [5.74, 6) is 6.56. The second-order valence-corrected chi connectivity index (χ2v) is 5.16. The minimum absolute atomic E-state index is 0.384. The van der Waals surface area contributed by atoms with Crippen molar-refractivity contribution >= 4 is 38.4 Å². The third kappa shape index (κ3) is 1.57. The van der Waals surface area contributed by atoms with Crippen LogP contribution in [0.2, 0.25) is 0 Å². The number of nitrogen functional groups attached to an aromatic ring is 1. The standard InChI is InChI=1S/C13H10N6S/c14-18-13-16-11(9-5-6-20-12(9)17-13)19-10-4-2-1-3-8(10)7-15-19/h1-7H,14H2,(H,16,17,18). The largest absolute Gasteiger partial charge is 0.292 e. The van der Waals surface area contributed by atoms with Gasteiger partial charge in [-0.05, 0) is 17.5 Å². The van der Waals surface area contributed by atoms with Crippen molar-refractivity contribution < 1.29 is 0 Å². The van der Waals surface area contributed by atoms with Crippen molar-refractivity contribution in [3.8, 4) is 5.82 Å². The molecule has 3 N–H and O–H groups in total. The van der Waals surface area contributed by atoms with Gasteiger partial charge in [-0.15, -0.1) is 11.3 Å². The molecule has 1 aromatic carbocycles. The molecule has 4 rings (SSSR count). The predicted molar refractivity (Wildman–Crippen MR) is 79.9 cm³/mol. The summed E-state index contributed by atoms with van der Waals surface area (Å²) in [6.07, 6.45) is 1.82. The van der Waals surface area contributed by atoms with Crippen molar-refractivity contribution in [3.05, 3.63) is 41.9 Å². The van der Waals surface area contributed by atoms with Crippen LogP contribution in [0.15, 0.2) is 41.9 Å². The maximum absolute atomic E-state index is 5.44. The van der Waals surface area contributed by atoms with Gasteiger partial charge >= 0.3 is 0 Å². The number of nitrogens with zero attached hydrogens (tertiary/aromatic N) is 4. The van der Waals surface area contributed by atoms with Gasteiger partial charge in [-0.25, -0.2) is 15.5 Å². The number of aromatic nitrogens is 4. The predicted octanol–water partition coefficient (Wildman–Crippen LogP) is 2.32. The molecule has 0 spiro atoms. The summed E-state index contributed by atoms with van der Waals surface area (Å²) >= 11 is 1.55. The van der Waals surface area contributed by atoms with E-state index in [0.717, 1.165) is 26.9 Å². The van der Waals surface area contributed by atoms with Crippen molar-refractivity contribution in [3.63, 3.8) is 0 Å². The highest BCUT2D eigenvalue weighted by atomic mass is 32.1. The Labute approximate surface area is 117 Å². The van der Waals surface area contributed by atoms with Gasteiger partial charge in [0.2, 0.25) is 5.95 Å². The Bertz CT molecular complexity index is 909. The lowest BCUT2D eigenvalue weighted by Crippen LogP contribution is -2.12. The van der Waals surface area contributed by atoms with Gasteiger partial charge in [-0.2, -0.15) is 10.1 Å². The molecule has 4 aromatic rings. The van der Waals surface area contributed by atoms with Gasteiger partial charge in [0.25, 0.3) is 0 Å². The molecule has 0 amide bonds. The van der Waals surface area contributed by atoms with Gasteiger partial charge in [0.1, 0.15) is 4.83 Å². The molecule has 0 saturated carbocycles. The molecule has 7 heteroatoms. The third-order valence-electron chi connectivity index (χ3n) is 3.11. The monoisotopic (exact) mass is 282 g/mol. The van der Waals surface area contributed by atoms with Gasteiger partial charge in [-0.1, -0.05) is 18.2 Å². The lowest BCUT2D eigenvalue weighted by molar-refractivity contribution is 0.879. The zero-order valence-corrected chi connectivity index (χ0v) is 11.1. The zero-order chi connectivity index (χ0) is 13.5. The molecule has 3 aromatic heterocycles. The fourth-order valence-corrected chi connectivity index (χ4v) is 2.96. The molecule has 0 fully saturated rings. The van der Waals surface area contributed by atoms with Crippen LogP contribution >= 0.6 is 11.3 Å². The summed E-state index contributed by atoms with van der Waals surface area (Å²) in [4.78, 5) is 9.66. The first-order chi connectivity index (χ1) is 9.86. The topological polar surface area (TPSA) is 81.6 Å². The number of nitrogens with two attached hydrogens (primary N) is 1. The van der Waals surface area contributed by atoms with E-state index in [1.165, 1.54) is 0 Å². The molecule has 0 radical (unpaired) electrons. The van der Waals surface area contributed by atoms with E-state index in [1.54, 1.807) is 11.3 Å². The normalized spacial score (nSPS) is 11.2. The first-order valence-electron chi connectivity index (χ1n) is 6.02. The molecule has 20 heavy (non-hydrogen) atoms. The van der Waals surface area contributed by atoms with Crippen LogP contribution in [0.25, 0.3) is 26.9 Å². The summed E-state index contributed by atoms with van der Waals surface area (Å²) in [6, 6.07) is 9.99. The second-order valence-electron chi connectivity index (χ2n) is 4.27. The van der Waals surface area contributed by atoms with Crippen LogP contribution < -0.4 is 11.3 Å². The highest BCUT2D eigenvalue weighted by Gasteiger charge is 2.13. The van der Waals surface area contributed by atoms with Crippen molar-refractivity contribution in [2.24, 2.45) is 5.84 Å². The number of anilines is 1. The van der Waals surface area contributed by atoms with E-state index < -0.39 is 0 Å². The average molecular weight is 282 g/mol. The minimum atomic E-state index is 0.384. The Balaban J connectivity index is 2.08. The highest BCUT2D eigenvalue weighted by Crippen LogP contribution is 2.27. The van der Waals surface area contributed by atoms with Crippen LogP contribution in [0.5, 0.6) is 0 Å². The maximum atomic E-state index is 5.44. The lowest BCUT2D eigenvalue weighted by Gasteiger charge is -2.06. The van der Waals surface area contributed by atoms with Crippen LogP contribution in [-0.2, 0) is 0 Å². The molecule has 0 unspecified atom stereocenters. The molecule has 0 saturated heterocycles. The van der Waals surface area contributed by atoms with Crippen molar-refractivity contribution in [2.45, 2.75) is 0 Å². The summed E-state index contributed by atoms with van der Waals surface area (Å²) in [5.41, 5.74) is 3.50. The fraction of sp³-hybridized carbons (Fsp3) is 0. The van der Waals surface area contributed by atoms with Gasteiger partial charge in [-0.3, -0.25) is 5.43 Å². The number of hydrazine groups is 1.